The van der Waals surface area contributed by atoms with Crippen LogP contribution in [0.5, 0.6) is 0 Å². The Morgan fingerprint density at radius 3 is 2.83 bits per heavy atom. The molecule has 0 spiro atoms. The molecule has 1 saturated heterocycles. The SMILES string of the molecule is CCNC1(C(=O)OC)CCC(N2CCOCC2)C1. The number of morpholine rings is 1. The van der Waals surface area contributed by atoms with E-state index in [2.05, 4.69) is 10.2 Å². The first-order chi connectivity index (χ1) is 8.72. The van der Waals surface area contributed by atoms with Gasteiger partial charge in [0, 0.05) is 19.1 Å². The van der Waals surface area contributed by atoms with Crippen LogP contribution in [-0.4, -0.2) is 62.4 Å². The van der Waals surface area contributed by atoms with E-state index in [0.29, 0.717) is 6.04 Å². The summed E-state index contributed by atoms with van der Waals surface area (Å²) in [7, 11) is 1.48. The summed E-state index contributed by atoms with van der Waals surface area (Å²) in [5.41, 5.74) is -0.466. The Kier molecular flexibility index (Phi) is 4.59. The number of carbonyl (C=O) groups excluding carboxylic acids is 1. The Balaban J connectivity index is 2.00. The van der Waals surface area contributed by atoms with Gasteiger partial charge in [-0.15, -0.1) is 0 Å². The quantitative estimate of drug-likeness (QED) is 0.738. The Labute approximate surface area is 109 Å². The fraction of sp³-hybridized carbons (Fsp3) is 0.923. The number of esters is 1. The topological polar surface area (TPSA) is 50.8 Å². The second-order valence-corrected chi connectivity index (χ2v) is 5.15. The van der Waals surface area contributed by atoms with Crippen molar-refractivity contribution in [3.05, 3.63) is 0 Å². The number of rotatable bonds is 4. The van der Waals surface area contributed by atoms with Gasteiger partial charge in [0.1, 0.15) is 5.54 Å². The third-order valence-corrected chi connectivity index (χ3v) is 4.14. The molecule has 104 valence electrons. The second-order valence-electron chi connectivity index (χ2n) is 5.15. The number of ether oxygens (including phenoxy) is 2. The van der Waals surface area contributed by atoms with Gasteiger partial charge < -0.3 is 14.8 Å². The first kappa shape index (κ1) is 13.8. The highest BCUT2D eigenvalue weighted by Gasteiger charge is 2.47. The van der Waals surface area contributed by atoms with E-state index in [1.54, 1.807) is 0 Å². The second kappa shape index (κ2) is 5.99. The van der Waals surface area contributed by atoms with Crippen LogP contribution in [0, 0.1) is 0 Å². The van der Waals surface area contributed by atoms with Crippen molar-refractivity contribution in [2.45, 2.75) is 37.8 Å². The summed E-state index contributed by atoms with van der Waals surface area (Å²) in [4.78, 5) is 14.5. The summed E-state index contributed by atoms with van der Waals surface area (Å²) < 4.78 is 10.4. The van der Waals surface area contributed by atoms with Crippen LogP contribution in [-0.2, 0) is 14.3 Å². The van der Waals surface area contributed by atoms with Gasteiger partial charge in [0.05, 0.1) is 20.3 Å². The summed E-state index contributed by atoms with van der Waals surface area (Å²) in [6.07, 6.45) is 2.78. The lowest BCUT2D eigenvalue weighted by Crippen LogP contribution is -2.52. The van der Waals surface area contributed by atoms with Crippen molar-refractivity contribution < 1.29 is 14.3 Å². The van der Waals surface area contributed by atoms with Crippen LogP contribution in [0.15, 0.2) is 0 Å². The molecule has 1 saturated carbocycles. The van der Waals surface area contributed by atoms with Crippen LogP contribution >= 0.6 is 0 Å². The molecule has 0 aromatic rings. The van der Waals surface area contributed by atoms with Crippen molar-refractivity contribution in [1.29, 1.82) is 0 Å². The number of likely N-dealkylation sites (N-methyl/N-ethyl adjacent to an activating group) is 1. The van der Waals surface area contributed by atoms with Crippen LogP contribution < -0.4 is 5.32 Å². The molecule has 0 aromatic heterocycles. The van der Waals surface area contributed by atoms with E-state index in [-0.39, 0.29) is 5.97 Å². The van der Waals surface area contributed by atoms with Gasteiger partial charge in [-0.3, -0.25) is 9.69 Å². The molecule has 0 bridgehead atoms. The average molecular weight is 256 g/mol. The van der Waals surface area contributed by atoms with Crippen LogP contribution in [0.2, 0.25) is 0 Å². The van der Waals surface area contributed by atoms with E-state index in [9.17, 15) is 4.79 Å². The monoisotopic (exact) mass is 256 g/mol. The molecule has 0 aromatic carbocycles. The van der Waals surface area contributed by atoms with Crippen LogP contribution in [0.1, 0.15) is 26.2 Å². The van der Waals surface area contributed by atoms with Gasteiger partial charge in [0.25, 0.3) is 0 Å². The van der Waals surface area contributed by atoms with Crippen LogP contribution in [0.25, 0.3) is 0 Å². The number of methoxy groups -OCH3 is 1. The van der Waals surface area contributed by atoms with Crippen molar-refractivity contribution in [3.63, 3.8) is 0 Å². The highest BCUT2D eigenvalue weighted by Crippen LogP contribution is 2.34. The summed E-state index contributed by atoms with van der Waals surface area (Å²) in [5, 5.41) is 3.35. The Bertz CT molecular complexity index is 292. The van der Waals surface area contributed by atoms with E-state index in [1.165, 1.54) is 7.11 Å². The first-order valence-corrected chi connectivity index (χ1v) is 6.87. The van der Waals surface area contributed by atoms with Gasteiger partial charge in [-0.2, -0.15) is 0 Å². The fourth-order valence-corrected chi connectivity index (χ4v) is 3.23. The van der Waals surface area contributed by atoms with Crippen molar-refractivity contribution in [2.24, 2.45) is 0 Å². The molecule has 2 atom stereocenters. The first-order valence-electron chi connectivity index (χ1n) is 6.87. The smallest absolute Gasteiger partial charge is 0.326 e. The zero-order valence-corrected chi connectivity index (χ0v) is 11.4. The highest BCUT2D eigenvalue weighted by atomic mass is 16.5. The van der Waals surface area contributed by atoms with E-state index in [4.69, 9.17) is 9.47 Å². The zero-order valence-electron chi connectivity index (χ0n) is 11.4. The van der Waals surface area contributed by atoms with Gasteiger partial charge >= 0.3 is 5.97 Å². The molecule has 1 aliphatic heterocycles. The third-order valence-electron chi connectivity index (χ3n) is 4.14. The molecule has 2 aliphatic rings. The Morgan fingerprint density at radius 1 is 1.50 bits per heavy atom. The molecule has 0 radical (unpaired) electrons. The van der Waals surface area contributed by atoms with Crippen molar-refractivity contribution in [1.82, 2.24) is 10.2 Å². The molecule has 18 heavy (non-hydrogen) atoms. The maximum Gasteiger partial charge on any atom is 0.326 e. The summed E-state index contributed by atoms with van der Waals surface area (Å²) in [6.45, 7) is 6.41. The molecule has 0 amide bonds. The van der Waals surface area contributed by atoms with Gasteiger partial charge in [-0.05, 0) is 25.8 Å². The van der Waals surface area contributed by atoms with Crippen molar-refractivity contribution in [3.8, 4) is 0 Å². The van der Waals surface area contributed by atoms with Gasteiger partial charge in [0.15, 0.2) is 0 Å². The standard InChI is InChI=1S/C13H24N2O3/c1-3-14-13(12(16)17-2)5-4-11(10-13)15-6-8-18-9-7-15/h11,14H,3-10H2,1-2H3. The molecular formula is C13H24N2O3. The maximum absolute atomic E-state index is 12.0. The third kappa shape index (κ3) is 2.68. The zero-order chi connectivity index (χ0) is 13.0. The van der Waals surface area contributed by atoms with E-state index < -0.39 is 5.54 Å². The molecule has 2 unspecified atom stereocenters. The largest absolute Gasteiger partial charge is 0.468 e. The Morgan fingerprint density at radius 2 is 2.22 bits per heavy atom. The lowest BCUT2D eigenvalue weighted by Gasteiger charge is -2.34. The number of hydrogen-bond donors (Lipinski definition) is 1. The van der Waals surface area contributed by atoms with Crippen LogP contribution in [0.4, 0.5) is 0 Å². The highest BCUT2D eigenvalue weighted by molar-refractivity contribution is 5.81. The lowest BCUT2D eigenvalue weighted by molar-refractivity contribution is -0.148. The number of carbonyl (C=O) groups is 1. The van der Waals surface area contributed by atoms with Crippen molar-refractivity contribution >= 4 is 5.97 Å². The molecule has 1 aliphatic carbocycles. The molecule has 2 fully saturated rings. The molecule has 1 heterocycles. The normalized spacial score (nSPS) is 33.6. The van der Waals surface area contributed by atoms with Gasteiger partial charge in [-0.1, -0.05) is 6.92 Å². The number of nitrogens with one attached hydrogen (secondary N) is 1. The minimum atomic E-state index is -0.466. The van der Waals surface area contributed by atoms with E-state index >= 15 is 0 Å². The van der Waals surface area contributed by atoms with Crippen molar-refractivity contribution in [2.75, 3.05) is 40.0 Å². The average Bonchev–Trinajstić information content (AvgIpc) is 2.85. The van der Waals surface area contributed by atoms with E-state index in [1.807, 2.05) is 6.92 Å². The van der Waals surface area contributed by atoms with E-state index in [0.717, 1.165) is 52.1 Å². The maximum atomic E-state index is 12.0. The van der Waals surface area contributed by atoms with Gasteiger partial charge in [0.2, 0.25) is 0 Å². The summed E-state index contributed by atoms with van der Waals surface area (Å²) in [6, 6.07) is 0.479. The molecule has 5 nitrogen and oxygen atoms in total. The molecule has 5 heteroatoms. The summed E-state index contributed by atoms with van der Waals surface area (Å²) >= 11 is 0. The minimum Gasteiger partial charge on any atom is -0.468 e. The number of hydrogen-bond acceptors (Lipinski definition) is 5. The minimum absolute atomic E-state index is 0.111. The lowest BCUT2D eigenvalue weighted by atomic mass is 9.97. The summed E-state index contributed by atoms with van der Waals surface area (Å²) in [5.74, 6) is -0.111. The Hall–Kier alpha value is -0.650. The molecule has 1 N–H and O–H groups in total. The fourth-order valence-electron chi connectivity index (χ4n) is 3.23. The molecule has 2 rings (SSSR count). The predicted octanol–water partition coefficient (Wildman–Crippen LogP) is 0.392. The predicted molar refractivity (Wildman–Crippen MR) is 68.5 cm³/mol. The van der Waals surface area contributed by atoms with Gasteiger partial charge in [-0.25, -0.2) is 0 Å². The number of nitrogens with zero attached hydrogens (tertiary/aromatic N) is 1. The molecular weight excluding hydrogens is 232 g/mol. The van der Waals surface area contributed by atoms with Crippen LogP contribution in [0.3, 0.4) is 0 Å².